The van der Waals surface area contributed by atoms with Crippen LogP contribution in [0, 0.1) is 5.92 Å². The first kappa shape index (κ1) is 24.6. The Morgan fingerprint density at radius 1 is 1.22 bits per heavy atom. The predicted molar refractivity (Wildman–Crippen MR) is 136 cm³/mol. The van der Waals surface area contributed by atoms with Crippen LogP contribution in [0.15, 0.2) is 47.0 Å². The third-order valence-electron chi connectivity index (χ3n) is 6.89. The summed E-state index contributed by atoms with van der Waals surface area (Å²) in [7, 11) is 1.64. The van der Waals surface area contributed by atoms with E-state index in [1.165, 1.54) is 0 Å². The Morgan fingerprint density at radius 3 is 2.75 bits per heavy atom. The minimum atomic E-state index is -0.381. The monoisotopic (exact) mass is 510 g/mol. The average Bonchev–Trinajstić information content (AvgIpc) is 3.31. The number of rotatable bonds is 6. The lowest BCUT2D eigenvalue weighted by molar-refractivity contribution is -0.127. The van der Waals surface area contributed by atoms with E-state index in [9.17, 15) is 4.79 Å². The fourth-order valence-electron chi connectivity index (χ4n) is 4.99. The highest BCUT2D eigenvalue weighted by atomic mass is 35.5. The molecule has 3 aromatic rings. The van der Waals surface area contributed by atoms with Gasteiger partial charge in [-0.1, -0.05) is 28.9 Å². The van der Waals surface area contributed by atoms with Crippen molar-refractivity contribution in [2.24, 2.45) is 5.92 Å². The first-order chi connectivity index (χ1) is 17.3. The number of likely N-dealkylation sites (tertiary alicyclic amines) is 1. The van der Waals surface area contributed by atoms with Gasteiger partial charge >= 0.3 is 0 Å². The van der Waals surface area contributed by atoms with Crippen LogP contribution in [0.3, 0.4) is 0 Å². The molecule has 0 spiro atoms. The smallest absolute Gasteiger partial charge is 0.241 e. The van der Waals surface area contributed by atoms with E-state index in [0.717, 1.165) is 48.6 Å². The zero-order valence-corrected chi connectivity index (χ0v) is 21.5. The summed E-state index contributed by atoms with van der Waals surface area (Å²) in [5.74, 6) is 2.60. The fourth-order valence-corrected chi connectivity index (χ4v) is 5.21. The van der Waals surface area contributed by atoms with E-state index in [-0.39, 0.29) is 23.5 Å². The minimum Gasteiger partial charge on any atom is -0.497 e. The number of ether oxygens (including phenoxy) is 2. The van der Waals surface area contributed by atoms with Crippen molar-refractivity contribution < 1.29 is 18.8 Å². The maximum absolute atomic E-state index is 13.2. The minimum absolute atomic E-state index is 0.0322. The largest absolute Gasteiger partial charge is 0.497 e. The number of methoxy groups -OCH3 is 1. The van der Waals surface area contributed by atoms with Crippen molar-refractivity contribution in [1.29, 1.82) is 0 Å². The lowest BCUT2D eigenvalue weighted by Gasteiger charge is -2.39. The highest BCUT2D eigenvalue weighted by Crippen LogP contribution is 2.41. The molecule has 1 aromatic heterocycles. The molecule has 2 aliphatic heterocycles. The van der Waals surface area contributed by atoms with Gasteiger partial charge in [0, 0.05) is 29.5 Å². The summed E-state index contributed by atoms with van der Waals surface area (Å²) < 4.78 is 17.0. The molecule has 0 bridgehead atoms. The number of carbonyl (C=O) groups excluding carboxylic acids is 1. The van der Waals surface area contributed by atoms with Crippen LogP contribution in [-0.4, -0.2) is 46.7 Å². The molecule has 5 rings (SSSR count). The number of nitrogens with zero attached hydrogens (tertiary/aromatic N) is 3. The Hall–Kier alpha value is -3.10. The molecule has 2 aromatic carbocycles. The fraction of sp³-hybridized carbons (Fsp3) is 0.444. The topological polar surface area (TPSA) is 89.7 Å². The molecular formula is C27H31ClN4O4. The standard InChI is InChI=1S/C27H31ClN4O4/c1-27(2)15-22(20-9-8-18(34-3)14-23(20)35-27)29-26(33)17-10-12-32(13-11-17)16-24-30-25(31-36-24)19-6-4-5-7-21(19)28/h4-9,14,17,22H,10-13,15-16H2,1-3H3,(H,29,33). The summed E-state index contributed by atoms with van der Waals surface area (Å²) in [6.45, 7) is 6.21. The van der Waals surface area contributed by atoms with Gasteiger partial charge in [0.15, 0.2) is 0 Å². The van der Waals surface area contributed by atoms with E-state index in [4.69, 9.17) is 25.6 Å². The Bertz CT molecular complexity index is 1240. The van der Waals surface area contributed by atoms with Crippen molar-refractivity contribution in [1.82, 2.24) is 20.4 Å². The molecule has 0 radical (unpaired) electrons. The van der Waals surface area contributed by atoms with Gasteiger partial charge in [-0.15, -0.1) is 0 Å². The number of piperidine rings is 1. The Labute approximate surface area is 215 Å². The number of benzene rings is 2. The van der Waals surface area contributed by atoms with Crippen LogP contribution in [0.25, 0.3) is 11.4 Å². The van der Waals surface area contributed by atoms with Gasteiger partial charge in [-0.2, -0.15) is 4.98 Å². The van der Waals surface area contributed by atoms with Gasteiger partial charge in [-0.3, -0.25) is 9.69 Å². The predicted octanol–water partition coefficient (Wildman–Crippen LogP) is 5.03. The van der Waals surface area contributed by atoms with Crippen LogP contribution in [0.4, 0.5) is 0 Å². The van der Waals surface area contributed by atoms with Crippen LogP contribution in [-0.2, 0) is 11.3 Å². The lowest BCUT2D eigenvalue weighted by atomic mass is 9.88. The molecule has 36 heavy (non-hydrogen) atoms. The SMILES string of the molecule is COc1ccc2c(c1)OC(C)(C)CC2NC(=O)C1CCN(Cc2nc(-c3ccccc3Cl)no2)CC1. The summed E-state index contributed by atoms with van der Waals surface area (Å²) in [6.07, 6.45) is 2.26. The molecule has 3 heterocycles. The zero-order chi connectivity index (χ0) is 25.3. The molecule has 1 saturated heterocycles. The van der Waals surface area contributed by atoms with Crippen LogP contribution in [0.5, 0.6) is 11.5 Å². The van der Waals surface area contributed by atoms with Crippen molar-refractivity contribution in [3.8, 4) is 22.9 Å². The quantitative estimate of drug-likeness (QED) is 0.497. The molecule has 1 fully saturated rings. The number of aromatic nitrogens is 2. The highest BCUT2D eigenvalue weighted by Gasteiger charge is 2.36. The second-order valence-electron chi connectivity index (χ2n) is 10.1. The molecule has 1 atom stereocenters. The van der Waals surface area contributed by atoms with Gasteiger partial charge < -0.3 is 19.3 Å². The van der Waals surface area contributed by atoms with Gasteiger partial charge in [0.1, 0.15) is 17.1 Å². The third-order valence-corrected chi connectivity index (χ3v) is 7.22. The van der Waals surface area contributed by atoms with E-state index in [1.807, 2.05) is 50.2 Å². The van der Waals surface area contributed by atoms with E-state index >= 15 is 0 Å². The number of fused-ring (bicyclic) bond motifs is 1. The molecule has 8 nitrogen and oxygen atoms in total. The summed E-state index contributed by atoms with van der Waals surface area (Å²) in [5, 5.41) is 7.97. The molecule has 190 valence electrons. The van der Waals surface area contributed by atoms with E-state index in [2.05, 4.69) is 20.4 Å². The van der Waals surface area contributed by atoms with Gasteiger partial charge in [0.25, 0.3) is 0 Å². The van der Waals surface area contributed by atoms with Crippen molar-refractivity contribution in [3.05, 3.63) is 58.9 Å². The van der Waals surface area contributed by atoms with Crippen LogP contribution in [0.1, 0.15) is 50.6 Å². The Balaban J connectivity index is 1.17. The summed E-state index contributed by atoms with van der Waals surface area (Å²) in [5.41, 5.74) is 1.36. The third kappa shape index (κ3) is 5.34. The number of nitrogens with one attached hydrogen (secondary N) is 1. The van der Waals surface area contributed by atoms with Crippen molar-refractivity contribution >= 4 is 17.5 Å². The van der Waals surface area contributed by atoms with E-state index in [0.29, 0.717) is 29.7 Å². The van der Waals surface area contributed by atoms with Crippen LogP contribution < -0.4 is 14.8 Å². The van der Waals surface area contributed by atoms with Crippen molar-refractivity contribution in [2.45, 2.75) is 51.3 Å². The van der Waals surface area contributed by atoms with E-state index < -0.39 is 0 Å². The second-order valence-corrected chi connectivity index (χ2v) is 10.5. The van der Waals surface area contributed by atoms with Gasteiger partial charge in [0.05, 0.1) is 24.7 Å². The van der Waals surface area contributed by atoms with Crippen LogP contribution >= 0.6 is 11.6 Å². The number of carbonyl (C=O) groups is 1. The Morgan fingerprint density at radius 2 is 2.00 bits per heavy atom. The number of halogens is 1. The van der Waals surface area contributed by atoms with Crippen LogP contribution in [0.2, 0.25) is 5.02 Å². The van der Waals surface area contributed by atoms with Gasteiger partial charge in [0.2, 0.25) is 17.6 Å². The highest BCUT2D eigenvalue weighted by molar-refractivity contribution is 6.33. The number of hydrogen-bond donors (Lipinski definition) is 1. The van der Waals surface area contributed by atoms with Gasteiger partial charge in [-0.25, -0.2) is 0 Å². The molecule has 1 unspecified atom stereocenters. The number of hydrogen-bond acceptors (Lipinski definition) is 7. The van der Waals surface area contributed by atoms with Crippen molar-refractivity contribution in [2.75, 3.05) is 20.2 Å². The molecule has 0 saturated carbocycles. The molecule has 1 amide bonds. The molecule has 1 N–H and O–H groups in total. The average molecular weight is 511 g/mol. The second kappa shape index (κ2) is 10.1. The first-order valence-electron chi connectivity index (χ1n) is 12.3. The summed E-state index contributed by atoms with van der Waals surface area (Å²) in [6, 6.07) is 13.1. The van der Waals surface area contributed by atoms with Crippen molar-refractivity contribution in [3.63, 3.8) is 0 Å². The molecule has 0 aliphatic carbocycles. The maximum Gasteiger partial charge on any atom is 0.241 e. The lowest BCUT2D eigenvalue weighted by Crippen LogP contribution is -2.45. The summed E-state index contributed by atoms with van der Waals surface area (Å²) >= 11 is 6.25. The number of amides is 1. The normalized spacial score (nSPS) is 19.8. The first-order valence-corrected chi connectivity index (χ1v) is 12.7. The molecule has 2 aliphatic rings. The maximum atomic E-state index is 13.2. The van der Waals surface area contributed by atoms with E-state index in [1.54, 1.807) is 13.2 Å². The Kier molecular flexibility index (Phi) is 6.90. The summed E-state index contributed by atoms with van der Waals surface area (Å²) in [4.78, 5) is 20.0. The van der Waals surface area contributed by atoms with Gasteiger partial charge in [-0.05, 0) is 64.0 Å². The molecular weight excluding hydrogens is 480 g/mol. The molecule has 9 heteroatoms. The zero-order valence-electron chi connectivity index (χ0n) is 20.8.